The van der Waals surface area contributed by atoms with Crippen molar-refractivity contribution in [2.75, 3.05) is 18.6 Å². The Hall–Kier alpha value is -5.67. The molecule has 2 aliphatic heterocycles. The fourth-order valence-electron chi connectivity index (χ4n) is 5.51. The van der Waals surface area contributed by atoms with Crippen molar-refractivity contribution in [2.45, 2.75) is 43.8 Å². The molecule has 252 valence electrons. The molecular weight excluding hydrogens is 646 g/mol. The molecule has 0 radical (unpaired) electrons. The first kappa shape index (κ1) is 33.7. The van der Waals surface area contributed by atoms with Gasteiger partial charge in [0.15, 0.2) is 23.2 Å². The molecule has 2 aliphatic rings. The monoisotopic (exact) mass is 673 g/mol. The van der Waals surface area contributed by atoms with Gasteiger partial charge < -0.3 is 30.0 Å². The molecule has 0 saturated carbocycles. The van der Waals surface area contributed by atoms with E-state index in [0.717, 1.165) is 0 Å². The lowest BCUT2D eigenvalue weighted by molar-refractivity contribution is -0.140. The summed E-state index contributed by atoms with van der Waals surface area (Å²) in [5.41, 5.74) is 1.73. The van der Waals surface area contributed by atoms with Crippen LogP contribution in [0.4, 0.5) is 28.0 Å². The first-order chi connectivity index (χ1) is 22.9. The van der Waals surface area contributed by atoms with Gasteiger partial charge in [-0.2, -0.15) is 8.78 Å². The van der Waals surface area contributed by atoms with Crippen LogP contribution in [0.2, 0.25) is 0 Å². The molecule has 3 aromatic carbocycles. The molecule has 3 unspecified atom stereocenters. The average molecular weight is 674 g/mol. The highest BCUT2D eigenvalue weighted by atomic mass is 19.2. The van der Waals surface area contributed by atoms with E-state index in [4.69, 9.17) is 9.47 Å². The van der Waals surface area contributed by atoms with E-state index >= 15 is 0 Å². The molecule has 5 rings (SSSR count). The summed E-state index contributed by atoms with van der Waals surface area (Å²) in [6.07, 6.45) is -1.51. The first-order valence-corrected chi connectivity index (χ1v) is 14.4. The topological polar surface area (TPSA) is 161 Å². The fourth-order valence-corrected chi connectivity index (χ4v) is 5.51. The number of benzene rings is 3. The zero-order valence-corrected chi connectivity index (χ0v) is 25.1. The van der Waals surface area contributed by atoms with Crippen molar-refractivity contribution in [3.63, 3.8) is 0 Å². The number of amides is 3. The molecule has 3 atom stereocenters. The molecule has 16 heteroatoms. The highest BCUT2D eigenvalue weighted by Crippen LogP contribution is 2.39. The van der Waals surface area contributed by atoms with Gasteiger partial charge in [0, 0.05) is 12.5 Å². The number of rotatable bonds is 11. The smallest absolute Gasteiger partial charge is 0.413 e. The quantitative estimate of drug-likeness (QED) is 0.205. The van der Waals surface area contributed by atoms with Crippen LogP contribution in [0.3, 0.4) is 0 Å². The van der Waals surface area contributed by atoms with Crippen LogP contribution in [-0.2, 0) is 32.0 Å². The normalized spacial score (nSPS) is 17.1. The lowest BCUT2D eigenvalue weighted by Gasteiger charge is -2.28. The number of nitrogens with zero attached hydrogens (tertiary/aromatic N) is 1. The molecule has 48 heavy (non-hydrogen) atoms. The molecule has 2 heterocycles. The lowest BCUT2D eigenvalue weighted by atomic mass is 10.0. The van der Waals surface area contributed by atoms with Crippen LogP contribution in [-0.4, -0.2) is 66.6 Å². The summed E-state index contributed by atoms with van der Waals surface area (Å²) in [7, 11) is 1.47. The fraction of sp³-hybridized carbons (Fsp3) is 0.281. The Labute approximate surface area is 269 Å². The second-order valence-electron chi connectivity index (χ2n) is 10.9. The Kier molecular flexibility index (Phi) is 9.82. The largest absolute Gasteiger partial charge is 0.497 e. The number of carboxylic acid groups (broad SMARTS) is 1. The molecule has 0 bridgehead atoms. The maximum absolute atomic E-state index is 14.0. The predicted octanol–water partition coefficient (Wildman–Crippen LogP) is 3.22. The number of nitrogens with one attached hydrogen (secondary N) is 2. The summed E-state index contributed by atoms with van der Waals surface area (Å²) in [4.78, 5) is 65.9. The van der Waals surface area contributed by atoms with Gasteiger partial charge in [-0.05, 0) is 48.2 Å². The van der Waals surface area contributed by atoms with Crippen LogP contribution in [0.5, 0.6) is 17.2 Å². The Morgan fingerprint density at radius 1 is 0.979 bits per heavy atom. The van der Waals surface area contributed by atoms with Gasteiger partial charge in [-0.25, -0.2) is 13.6 Å². The first-order valence-electron chi connectivity index (χ1n) is 14.4. The van der Waals surface area contributed by atoms with Crippen molar-refractivity contribution in [1.82, 2.24) is 10.6 Å². The number of anilines is 1. The van der Waals surface area contributed by atoms with Crippen LogP contribution < -0.4 is 29.7 Å². The highest BCUT2D eigenvalue weighted by molar-refractivity contribution is 6.08. The van der Waals surface area contributed by atoms with E-state index in [0.29, 0.717) is 29.0 Å². The number of ether oxygens (including phenoxy) is 3. The zero-order chi connectivity index (χ0) is 34.7. The molecule has 12 nitrogen and oxygen atoms in total. The Morgan fingerprint density at radius 3 is 2.27 bits per heavy atom. The van der Waals surface area contributed by atoms with E-state index in [9.17, 15) is 46.6 Å². The minimum atomic E-state index is -1.92. The number of ketones is 1. The number of Topliss-reactive ketones (excluding diaryl/α,β-unsaturated/α-hetero) is 1. The van der Waals surface area contributed by atoms with Crippen LogP contribution in [0.25, 0.3) is 0 Å². The van der Waals surface area contributed by atoms with Crippen molar-refractivity contribution in [1.29, 1.82) is 0 Å². The third-order valence-corrected chi connectivity index (χ3v) is 7.79. The van der Waals surface area contributed by atoms with Crippen molar-refractivity contribution in [3.05, 3.63) is 82.9 Å². The number of carboxylic acids is 1. The molecule has 0 saturated heterocycles. The number of hydrogen-bond donors (Lipinski definition) is 3. The Balaban J connectivity index is 1.33. The number of hydrogen-bond acceptors (Lipinski definition) is 8. The highest BCUT2D eigenvalue weighted by Gasteiger charge is 2.45. The number of carbonyl (C=O) groups is 5. The number of halogens is 4. The maximum atomic E-state index is 14.0. The van der Waals surface area contributed by atoms with Crippen LogP contribution in [0, 0.1) is 23.3 Å². The third kappa shape index (κ3) is 7.01. The summed E-state index contributed by atoms with van der Waals surface area (Å²) in [6, 6.07) is 6.92. The molecular formula is C32H27F4N3O9. The minimum Gasteiger partial charge on any atom is -0.497 e. The van der Waals surface area contributed by atoms with E-state index in [2.05, 4.69) is 15.4 Å². The number of aryl methyl sites for hydroxylation is 1. The molecule has 0 fully saturated rings. The van der Waals surface area contributed by atoms with Gasteiger partial charge in [0.05, 0.1) is 19.2 Å². The maximum Gasteiger partial charge on any atom is 0.413 e. The van der Waals surface area contributed by atoms with Crippen LogP contribution in [0.15, 0.2) is 48.5 Å². The van der Waals surface area contributed by atoms with E-state index in [1.165, 1.54) is 24.1 Å². The number of carbonyl (C=O) groups excluding carboxylic acids is 4. The standard InChI is InChI=1S/C32H27F4N3O9/c1-46-17-6-8-18(9-7-17)48-32(45)38-21-10-5-15-3-2-4-16-11-23(39(28(15)16)31(21)44)30(43)37-22(13-25(41)42)24(40)14-47-29-26(35)19(33)12-20(34)27(29)36/h2-4,6-9,12,21-23H,5,10-11,13-14H2,1H3,(H,37,43)(H,38,45)(H,41,42). The predicted molar refractivity (Wildman–Crippen MR) is 157 cm³/mol. The van der Waals surface area contributed by atoms with E-state index in [1.807, 2.05) is 0 Å². The lowest BCUT2D eigenvalue weighted by Crippen LogP contribution is -2.57. The average Bonchev–Trinajstić information content (AvgIpc) is 3.39. The van der Waals surface area contributed by atoms with Gasteiger partial charge in [0.25, 0.3) is 0 Å². The van der Waals surface area contributed by atoms with E-state index < -0.39 is 89.8 Å². The van der Waals surface area contributed by atoms with Crippen molar-refractivity contribution >= 4 is 35.3 Å². The van der Waals surface area contributed by atoms with Crippen molar-refractivity contribution < 1.29 is 60.9 Å². The molecule has 0 aliphatic carbocycles. The van der Waals surface area contributed by atoms with Gasteiger partial charge in [-0.1, -0.05) is 18.2 Å². The third-order valence-electron chi connectivity index (χ3n) is 7.79. The molecule has 3 aromatic rings. The minimum absolute atomic E-state index is 0.0345. The van der Waals surface area contributed by atoms with E-state index in [-0.39, 0.29) is 24.7 Å². The van der Waals surface area contributed by atoms with Gasteiger partial charge in [0.2, 0.25) is 23.4 Å². The van der Waals surface area contributed by atoms with Gasteiger partial charge in [-0.3, -0.25) is 24.1 Å². The summed E-state index contributed by atoms with van der Waals surface area (Å²) >= 11 is 0. The summed E-state index contributed by atoms with van der Waals surface area (Å²) < 4.78 is 70.2. The van der Waals surface area contributed by atoms with Crippen molar-refractivity contribution in [3.8, 4) is 17.2 Å². The number of methoxy groups -OCH3 is 1. The summed E-state index contributed by atoms with van der Waals surface area (Å²) in [5, 5.41) is 14.2. The summed E-state index contributed by atoms with van der Waals surface area (Å²) in [6.45, 7) is -1.27. The van der Waals surface area contributed by atoms with Crippen molar-refractivity contribution in [2.24, 2.45) is 0 Å². The van der Waals surface area contributed by atoms with Gasteiger partial charge in [0.1, 0.15) is 36.2 Å². The molecule has 0 spiro atoms. The second-order valence-corrected chi connectivity index (χ2v) is 10.9. The zero-order valence-electron chi connectivity index (χ0n) is 25.1. The summed E-state index contributed by atoms with van der Waals surface area (Å²) in [5.74, 6) is -12.7. The molecule has 0 aromatic heterocycles. The number of aliphatic carboxylic acids is 1. The van der Waals surface area contributed by atoms with Crippen LogP contribution in [0.1, 0.15) is 24.0 Å². The SMILES string of the molecule is COc1ccc(OC(=O)NC2CCc3cccc4c3N(C2=O)C(C(=O)NC(CC(=O)O)C(=O)COc2c(F)c(F)cc(F)c2F)C4)cc1. The number of para-hydroxylation sites is 1. The second kappa shape index (κ2) is 14.0. The molecule has 3 amide bonds. The van der Waals surface area contributed by atoms with E-state index in [1.54, 1.807) is 30.3 Å². The Bertz CT molecular complexity index is 1760. The Morgan fingerprint density at radius 2 is 1.62 bits per heavy atom. The van der Waals surface area contributed by atoms with Gasteiger partial charge in [-0.15, -0.1) is 0 Å². The van der Waals surface area contributed by atoms with Gasteiger partial charge >= 0.3 is 12.1 Å². The molecule has 3 N–H and O–H groups in total. The van der Waals surface area contributed by atoms with Crippen LogP contribution >= 0.6 is 0 Å².